The van der Waals surface area contributed by atoms with Gasteiger partial charge in [0.1, 0.15) is 6.61 Å². The summed E-state index contributed by atoms with van der Waals surface area (Å²) < 4.78 is 50.9. The van der Waals surface area contributed by atoms with Crippen LogP contribution >= 0.6 is 0 Å². The highest BCUT2D eigenvalue weighted by Crippen LogP contribution is 2.45. The Bertz CT molecular complexity index is 1330. The van der Waals surface area contributed by atoms with Crippen molar-refractivity contribution in [1.29, 1.82) is 0 Å². The van der Waals surface area contributed by atoms with Gasteiger partial charge in [-0.25, -0.2) is 4.79 Å². The molecule has 2 aromatic carbocycles. The molecule has 0 N–H and O–H groups in total. The molecule has 1 aromatic heterocycles. The van der Waals surface area contributed by atoms with Crippen LogP contribution in [0.25, 0.3) is 11.1 Å². The number of rotatable bonds is 4. The van der Waals surface area contributed by atoms with Crippen molar-refractivity contribution in [2.45, 2.75) is 37.0 Å². The van der Waals surface area contributed by atoms with Crippen LogP contribution in [0.1, 0.15) is 45.8 Å². The number of halogens is 3. The standard InChI is InChI=1S/C29H25F3N2O4/c30-29(31,32)19-9-18(12-33-13-19)27(35)17-10-20-14-37-15-21(11-17)34(20)28(36)38-16-26-24-7-3-1-5-22(24)23-6-2-4-8-25(23)26/h1-9,12-13,17,20-21,26H,10-11,14-16H2. The van der Waals surface area contributed by atoms with Crippen LogP contribution < -0.4 is 0 Å². The second-order valence-corrected chi connectivity index (χ2v) is 10.0. The molecule has 0 spiro atoms. The Morgan fingerprint density at radius 2 is 1.55 bits per heavy atom. The number of carbonyl (C=O) groups is 2. The van der Waals surface area contributed by atoms with E-state index >= 15 is 0 Å². The molecule has 1 amide bonds. The number of ketones is 1. The molecule has 2 atom stereocenters. The first kappa shape index (κ1) is 24.6. The molecular formula is C29H25F3N2O4. The maximum absolute atomic E-state index is 13.3. The number of Topliss-reactive ketones (excluding diaryl/α,β-unsaturated/α-hetero) is 1. The Morgan fingerprint density at radius 3 is 2.16 bits per heavy atom. The van der Waals surface area contributed by atoms with Crippen LogP contribution in [0.5, 0.6) is 0 Å². The number of hydrogen-bond acceptors (Lipinski definition) is 5. The topological polar surface area (TPSA) is 68.7 Å². The Hall–Kier alpha value is -3.72. The fourth-order valence-corrected chi connectivity index (χ4v) is 6.06. The van der Waals surface area contributed by atoms with E-state index in [0.717, 1.165) is 28.3 Å². The van der Waals surface area contributed by atoms with Crippen LogP contribution in [-0.4, -0.2) is 53.7 Å². The second kappa shape index (κ2) is 9.54. The number of nitrogens with zero attached hydrogens (tertiary/aromatic N) is 2. The summed E-state index contributed by atoms with van der Waals surface area (Å²) in [5.74, 6) is -1.00. The minimum absolute atomic E-state index is 0.0709. The normalized spacial score (nSPS) is 22.5. The molecule has 38 heavy (non-hydrogen) atoms. The summed E-state index contributed by atoms with van der Waals surface area (Å²) in [5.41, 5.74) is 3.48. The van der Waals surface area contributed by atoms with E-state index in [0.29, 0.717) is 6.20 Å². The number of morpholine rings is 1. The van der Waals surface area contributed by atoms with Gasteiger partial charge in [0.25, 0.3) is 0 Å². The predicted octanol–water partition coefficient (Wildman–Crippen LogP) is 5.71. The van der Waals surface area contributed by atoms with Crippen LogP contribution in [0.3, 0.4) is 0 Å². The van der Waals surface area contributed by atoms with Gasteiger partial charge in [-0.3, -0.25) is 14.7 Å². The number of amides is 1. The van der Waals surface area contributed by atoms with Crippen molar-refractivity contribution in [3.8, 4) is 11.1 Å². The van der Waals surface area contributed by atoms with Crippen molar-refractivity contribution < 1.29 is 32.2 Å². The molecule has 2 aliphatic heterocycles. The lowest BCUT2D eigenvalue weighted by Gasteiger charge is -2.47. The zero-order chi connectivity index (χ0) is 26.4. The molecule has 1 aliphatic carbocycles. The van der Waals surface area contributed by atoms with Gasteiger partial charge >= 0.3 is 12.3 Å². The molecule has 3 aliphatic rings. The van der Waals surface area contributed by atoms with E-state index in [9.17, 15) is 22.8 Å². The highest BCUT2D eigenvalue weighted by molar-refractivity contribution is 5.98. The van der Waals surface area contributed by atoms with Crippen molar-refractivity contribution in [2.75, 3.05) is 19.8 Å². The van der Waals surface area contributed by atoms with Crippen molar-refractivity contribution in [3.63, 3.8) is 0 Å². The van der Waals surface area contributed by atoms with E-state index in [1.807, 2.05) is 24.3 Å². The number of fused-ring (bicyclic) bond motifs is 5. The first-order valence-electron chi connectivity index (χ1n) is 12.6. The van der Waals surface area contributed by atoms with Gasteiger partial charge in [0, 0.05) is 29.8 Å². The summed E-state index contributed by atoms with van der Waals surface area (Å²) in [7, 11) is 0. The van der Waals surface area contributed by atoms with Gasteiger partial charge < -0.3 is 9.47 Å². The Morgan fingerprint density at radius 1 is 0.947 bits per heavy atom. The Balaban J connectivity index is 1.16. The second-order valence-electron chi connectivity index (χ2n) is 10.0. The van der Waals surface area contributed by atoms with Crippen LogP contribution in [0.2, 0.25) is 0 Å². The lowest BCUT2D eigenvalue weighted by molar-refractivity contribution is -0.137. The van der Waals surface area contributed by atoms with E-state index < -0.39 is 41.6 Å². The van der Waals surface area contributed by atoms with Crippen LogP contribution in [0.15, 0.2) is 67.0 Å². The third-order valence-corrected chi connectivity index (χ3v) is 7.79. The smallest absolute Gasteiger partial charge is 0.417 e. The zero-order valence-electron chi connectivity index (χ0n) is 20.4. The number of benzene rings is 2. The Kier molecular flexibility index (Phi) is 6.18. The van der Waals surface area contributed by atoms with Crippen molar-refractivity contribution >= 4 is 11.9 Å². The predicted molar refractivity (Wildman–Crippen MR) is 132 cm³/mol. The number of alkyl halides is 3. The molecule has 2 fully saturated rings. The van der Waals surface area contributed by atoms with E-state index in [1.54, 1.807) is 4.90 Å². The van der Waals surface area contributed by atoms with Gasteiger partial charge in [-0.2, -0.15) is 13.2 Å². The molecule has 196 valence electrons. The van der Waals surface area contributed by atoms with Crippen LogP contribution in [0.4, 0.5) is 18.0 Å². The summed E-state index contributed by atoms with van der Waals surface area (Å²) in [6.07, 6.45) is -2.59. The minimum Gasteiger partial charge on any atom is -0.448 e. The number of carbonyl (C=O) groups excluding carboxylic acids is 2. The van der Waals surface area contributed by atoms with Crippen molar-refractivity contribution in [1.82, 2.24) is 9.88 Å². The number of hydrogen-bond donors (Lipinski definition) is 0. The third kappa shape index (κ3) is 4.34. The molecule has 6 rings (SSSR count). The van der Waals surface area contributed by atoms with Gasteiger partial charge in [0.2, 0.25) is 0 Å². The molecule has 0 saturated carbocycles. The molecule has 6 nitrogen and oxygen atoms in total. The van der Waals surface area contributed by atoms with Crippen molar-refractivity contribution in [3.05, 3.63) is 89.2 Å². The third-order valence-electron chi connectivity index (χ3n) is 7.79. The number of aromatic nitrogens is 1. The molecular weight excluding hydrogens is 497 g/mol. The summed E-state index contributed by atoms with van der Waals surface area (Å²) in [6.45, 7) is 0.665. The van der Waals surface area contributed by atoms with Gasteiger partial charge in [-0.1, -0.05) is 48.5 Å². The molecule has 2 bridgehead atoms. The summed E-state index contributed by atoms with van der Waals surface area (Å²) >= 11 is 0. The Labute approximate surface area is 217 Å². The first-order chi connectivity index (χ1) is 18.3. The molecule has 3 heterocycles. The highest BCUT2D eigenvalue weighted by atomic mass is 19.4. The monoisotopic (exact) mass is 522 g/mol. The average molecular weight is 523 g/mol. The van der Waals surface area contributed by atoms with Crippen LogP contribution in [-0.2, 0) is 15.7 Å². The largest absolute Gasteiger partial charge is 0.448 e. The van der Waals surface area contributed by atoms with Crippen molar-refractivity contribution in [2.24, 2.45) is 5.92 Å². The maximum Gasteiger partial charge on any atom is 0.417 e. The van der Waals surface area contributed by atoms with Gasteiger partial charge in [0.05, 0.1) is 30.9 Å². The highest BCUT2D eigenvalue weighted by Gasteiger charge is 2.45. The quantitative estimate of drug-likeness (QED) is 0.411. The number of ether oxygens (including phenoxy) is 2. The molecule has 0 radical (unpaired) electrons. The van der Waals surface area contributed by atoms with E-state index in [4.69, 9.17) is 9.47 Å². The lowest BCUT2D eigenvalue weighted by atomic mass is 9.81. The summed E-state index contributed by atoms with van der Waals surface area (Å²) in [4.78, 5) is 31.7. The molecule has 2 saturated heterocycles. The molecule has 2 unspecified atom stereocenters. The number of pyridine rings is 1. The van der Waals surface area contributed by atoms with E-state index in [1.165, 1.54) is 6.20 Å². The zero-order valence-corrected chi connectivity index (χ0v) is 20.4. The first-order valence-corrected chi connectivity index (χ1v) is 12.6. The fourth-order valence-electron chi connectivity index (χ4n) is 6.06. The van der Waals surface area contributed by atoms with E-state index in [2.05, 4.69) is 29.2 Å². The summed E-state index contributed by atoms with van der Waals surface area (Å²) in [6, 6.07) is 16.2. The lowest BCUT2D eigenvalue weighted by Crippen LogP contribution is -2.60. The minimum atomic E-state index is -4.58. The fraction of sp³-hybridized carbons (Fsp3) is 0.345. The van der Waals surface area contributed by atoms with Crippen LogP contribution in [0, 0.1) is 5.92 Å². The maximum atomic E-state index is 13.3. The summed E-state index contributed by atoms with van der Waals surface area (Å²) in [5, 5.41) is 0. The molecule has 3 aromatic rings. The van der Waals surface area contributed by atoms with E-state index in [-0.39, 0.29) is 44.1 Å². The number of piperidine rings is 1. The van der Waals surface area contributed by atoms with Gasteiger partial charge in [0.15, 0.2) is 5.78 Å². The van der Waals surface area contributed by atoms with Gasteiger partial charge in [-0.05, 0) is 41.2 Å². The SMILES string of the molecule is O=C(c1cncc(C(F)(F)F)c1)C1CC2COCC(C1)N2C(=O)OCC1c2ccccc2-c2ccccc21. The van der Waals surface area contributed by atoms with Gasteiger partial charge in [-0.15, -0.1) is 0 Å². The average Bonchev–Trinajstić information content (AvgIpc) is 3.24. The molecule has 9 heteroatoms.